The Morgan fingerprint density at radius 3 is 1.05 bits per heavy atom. The first kappa shape index (κ1) is 31.8. The highest BCUT2D eigenvalue weighted by Crippen LogP contribution is 2.40. The second-order valence-electron chi connectivity index (χ2n) is 11.2. The first-order valence-electron chi connectivity index (χ1n) is 16.6. The topological polar surface area (TPSA) is 0 Å². The summed E-state index contributed by atoms with van der Waals surface area (Å²) in [7, 11) is 0. The number of fused-ring (bicyclic) bond motifs is 2. The fraction of sp³-hybridized carbons (Fsp3) is 0.550. The molecule has 0 fully saturated rings. The van der Waals surface area contributed by atoms with E-state index in [1.807, 2.05) is 0 Å². The summed E-state index contributed by atoms with van der Waals surface area (Å²) in [5.74, 6) is 13.9. The van der Waals surface area contributed by atoms with Crippen molar-refractivity contribution in [3.63, 3.8) is 0 Å². The van der Waals surface area contributed by atoms with Crippen LogP contribution in [-0.4, -0.2) is 0 Å². The molecule has 0 aliphatic rings. The van der Waals surface area contributed by atoms with Crippen molar-refractivity contribution in [3.05, 3.63) is 56.6 Å². The summed E-state index contributed by atoms with van der Waals surface area (Å²) in [5, 5.41) is 6.00. The molecule has 0 saturated carbocycles. The zero-order valence-corrected chi connectivity index (χ0v) is 27.1. The van der Waals surface area contributed by atoms with Gasteiger partial charge in [-0.25, -0.2) is 0 Å². The third-order valence-electron chi connectivity index (χ3n) is 8.75. The molecule has 0 saturated heterocycles. The molecule has 0 bridgehead atoms. The average molecular weight is 535 g/mol. The van der Waals surface area contributed by atoms with Gasteiger partial charge in [-0.05, 0) is 130 Å². The lowest BCUT2D eigenvalue weighted by Gasteiger charge is -2.25. The van der Waals surface area contributed by atoms with E-state index in [9.17, 15) is 0 Å². The molecule has 0 nitrogen and oxygen atoms in total. The first-order chi connectivity index (χ1) is 19.6. The van der Waals surface area contributed by atoms with Gasteiger partial charge in [0, 0.05) is 25.7 Å². The lowest BCUT2D eigenvalue weighted by atomic mass is 9.79. The summed E-state index contributed by atoms with van der Waals surface area (Å²) in [6.07, 6.45) is 15.0. The number of unbranched alkanes of at least 4 members (excludes halogenated alkanes) is 2. The SMILES string of the molecule is CCC#CCc1c(CC#CCC)c(CCCC)c2cc3c(CC)c(CC)c(CC)c(CC)c3cc2c1CCCC. The standard InChI is InChI=1S/C40H54/c1-9-17-21-25-33-34(26-22-18-10-2)36(24-20-12-4)40-28-38-32(16-8)30(14-6)29(13-5)31(15-7)37(38)27-39(40)35(33)23-19-11-3/h27-28H,9-16,19-20,23-26H2,1-8H3. The summed E-state index contributed by atoms with van der Waals surface area (Å²) >= 11 is 0. The van der Waals surface area contributed by atoms with E-state index in [1.54, 1.807) is 33.4 Å². The first-order valence-corrected chi connectivity index (χ1v) is 16.6. The number of hydrogen-bond acceptors (Lipinski definition) is 0. The van der Waals surface area contributed by atoms with E-state index in [-0.39, 0.29) is 0 Å². The minimum Gasteiger partial charge on any atom is -0.103 e. The summed E-state index contributed by atoms with van der Waals surface area (Å²) in [6, 6.07) is 5.25. The fourth-order valence-corrected chi connectivity index (χ4v) is 6.90. The summed E-state index contributed by atoms with van der Waals surface area (Å²) in [6.45, 7) is 18.4. The van der Waals surface area contributed by atoms with Crippen molar-refractivity contribution >= 4 is 21.5 Å². The van der Waals surface area contributed by atoms with Crippen LogP contribution in [0.3, 0.4) is 0 Å². The lowest BCUT2D eigenvalue weighted by Crippen LogP contribution is -2.09. The highest BCUT2D eigenvalue weighted by atomic mass is 14.3. The van der Waals surface area contributed by atoms with Crippen molar-refractivity contribution < 1.29 is 0 Å². The fourth-order valence-electron chi connectivity index (χ4n) is 6.90. The van der Waals surface area contributed by atoms with Crippen LogP contribution in [0.25, 0.3) is 21.5 Å². The smallest absolute Gasteiger partial charge is 0.0346 e. The molecule has 0 aliphatic carbocycles. The van der Waals surface area contributed by atoms with Gasteiger partial charge in [-0.1, -0.05) is 80.1 Å². The molecule has 0 spiro atoms. The predicted molar refractivity (Wildman–Crippen MR) is 180 cm³/mol. The Balaban J connectivity index is 2.63. The van der Waals surface area contributed by atoms with Crippen molar-refractivity contribution in [2.24, 2.45) is 0 Å². The number of hydrogen-bond donors (Lipinski definition) is 0. The number of rotatable bonds is 12. The third-order valence-corrected chi connectivity index (χ3v) is 8.75. The molecular formula is C40H54. The van der Waals surface area contributed by atoms with Crippen LogP contribution in [0.2, 0.25) is 0 Å². The van der Waals surface area contributed by atoms with Crippen LogP contribution < -0.4 is 0 Å². The van der Waals surface area contributed by atoms with Gasteiger partial charge in [-0.2, -0.15) is 0 Å². The van der Waals surface area contributed by atoms with E-state index in [0.717, 1.165) is 64.2 Å². The molecule has 3 aromatic rings. The van der Waals surface area contributed by atoms with Gasteiger partial charge in [0.1, 0.15) is 0 Å². The Kier molecular flexibility index (Phi) is 12.7. The Morgan fingerprint density at radius 1 is 0.400 bits per heavy atom. The number of benzene rings is 3. The molecule has 0 amide bonds. The summed E-state index contributed by atoms with van der Waals surface area (Å²) in [4.78, 5) is 0. The normalized spacial score (nSPS) is 11.0. The zero-order chi connectivity index (χ0) is 29.1. The van der Waals surface area contributed by atoms with Crippen molar-refractivity contribution in [1.82, 2.24) is 0 Å². The van der Waals surface area contributed by atoms with Crippen molar-refractivity contribution in [1.29, 1.82) is 0 Å². The van der Waals surface area contributed by atoms with Crippen LogP contribution in [0, 0.1) is 23.7 Å². The van der Waals surface area contributed by atoms with E-state index < -0.39 is 0 Å². The van der Waals surface area contributed by atoms with Gasteiger partial charge in [0.05, 0.1) is 0 Å². The molecule has 0 aromatic heterocycles. The monoisotopic (exact) mass is 534 g/mol. The van der Waals surface area contributed by atoms with Crippen LogP contribution >= 0.6 is 0 Å². The largest absolute Gasteiger partial charge is 0.103 e. The highest BCUT2D eigenvalue weighted by molar-refractivity contribution is 6.05. The molecule has 0 heteroatoms. The number of aryl methyl sites for hydroxylation is 4. The van der Waals surface area contributed by atoms with E-state index in [1.165, 1.54) is 58.4 Å². The quantitative estimate of drug-likeness (QED) is 0.160. The molecule has 3 rings (SSSR count). The van der Waals surface area contributed by atoms with E-state index in [0.29, 0.717) is 0 Å². The van der Waals surface area contributed by atoms with Crippen molar-refractivity contribution in [2.75, 3.05) is 0 Å². The minimum atomic E-state index is 0.846. The molecule has 0 radical (unpaired) electrons. The van der Waals surface area contributed by atoms with E-state index in [2.05, 4.69) is 91.2 Å². The van der Waals surface area contributed by atoms with E-state index in [4.69, 9.17) is 0 Å². The molecule has 0 N–H and O–H groups in total. The maximum atomic E-state index is 3.56. The molecule has 3 aromatic carbocycles. The van der Waals surface area contributed by atoms with Gasteiger partial charge >= 0.3 is 0 Å². The Morgan fingerprint density at radius 2 is 0.750 bits per heavy atom. The molecule has 0 atom stereocenters. The van der Waals surface area contributed by atoms with Crippen LogP contribution in [-0.2, 0) is 51.4 Å². The molecule has 214 valence electrons. The van der Waals surface area contributed by atoms with Gasteiger partial charge in [0.2, 0.25) is 0 Å². The van der Waals surface area contributed by atoms with Crippen LogP contribution in [0.4, 0.5) is 0 Å². The van der Waals surface area contributed by atoms with Crippen LogP contribution in [0.15, 0.2) is 12.1 Å². The summed E-state index contributed by atoms with van der Waals surface area (Å²) < 4.78 is 0. The zero-order valence-electron chi connectivity index (χ0n) is 27.1. The second kappa shape index (κ2) is 15.9. The van der Waals surface area contributed by atoms with E-state index >= 15 is 0 Å². The molecule has 0 heterocycles. The maximum absolute atomic E-state index is 3.56. The Hall–Kier alpha value is -2.70. The third kappa shape index (κ3) is 6.60. The Labute approximate surface area is 246 Å². The van der Waals surface area contributed by atoms with Crippen molar-refractivity contribution in [3.8, 4) is 23.7 Å². The van der Waals surface area contributed by atoms with Gasteiger partial charge in [0.25, 0.3) is 0 Å². The Bertz CT molecular complexity index is 1310. The predicted octanol–water partition coefficient (Wildman–Crippen LogP) is 10.8. The molecule has 0 unspecified atom stereocenters. The molecule has 40 heavy (non-hydrogen) atoms. The molecular weight excluding hydrogens is 480 g/mol. The van der Waals surface area contributed by atoms with Gasteiger partial charge < -0.3 is 0 Å². The minimum absolute atomic E-state index is 0.846. The second-order valence-corrected chi connectivity index (χ2v) is 11.2. The van der Waals surface area contributed by atoms with Gasteiger partial charge in [-0.3, -0.25) is 0 Å². The van der Waals surface area contributed by atoms with Crippen LogP contribution in [0.1, 0.15) is 138 Å². The lowest BCUT2D eigenvalue weighted by molar-refractivity contribution is 0.781. The van der Waals surface area contributed by atoms with Crippen molar-refractivity contribution in [2.45, 2.75) is 145 Å². The summed E-state index contributed by atoms with van der Waals surface area (Å²) in [5.41, 5.74) is 12.5. The van der Waals surface area contributed by atoms with Gasteiger partial charge in [0.15, 0.2) is 0 Å². The van der Waals surface area contributed by atoms with Gasteiger partial charge in [-0.15, -0.1) is 11.8 Å². The maximum Gasteiger partial charge on any atom is 0.0346 e. The molecule has 0 aliphatic heterocycles. The van der Waals surface area contributed by atoms with Crippen LogP contribution in [0.5, 0.6) is 0 Å². The average Bonchev–Trinajstić information content (AvgIpc) is 2.97. The highest BCUT2D eigenvalue weighted by Gasteiger charge is 2.22.